The van der Waals surface area contributed by atoms with E-state index in [4.69, 9.17) is 11.6 Å². The van der Waals surface area contributed by atoms with Crippen LogP contribution in [0, 0.1) is 12.7 Å². The molecule has 0 spiro atoms. The van der Waals surface area contributed by atoms with Crippen LogP contribution in [0.25, 0.3) is 0 Å². The molecule has 1 aliphatic rings. The molecule has 6 heteroatoms. The summed E-state index contributed by atoms with van der Waals surface area (Å²) in [6.45, 7) is 6.63. The van der Waals surface area contributed by atoms with Gasteiger partial charge in [-0.3, -0.25) is 4.79 Å². The number of quaternary nitrogens is 1. The zero-order chi connectivity index (χ0) is 19.2. The third-order valence-corrected chi connectivity index (χ3v) is 5.30. The molecule has 1 fully saturated rings. The van der Waals surface area contributed by atoms with Crippen molar-refractivity contribution in [3.63, 3.8) is 0 Å². The third-order valence-electron chi connectivity index (χ3n) is 5.07. The summed E-state index contributed by atoms with van der Waals surface area (Å²) in [5, 5.41) is 3.66. The zero-order valence-corrected chi connectivity index (χ0v) is 16.4. The molecule has 1 saturated heterocycles. The number of benzene rings is 2. The van der Waals surface area contributed by atoms with Gasteiger partial charge in [-0.1, -0.05) is 35.9 Å². The first-order valence-electron chi connectivity index (χ1n) is 9.37. The lowest BCUT2D eigenvalue weighted by atomic mass is 10.1. The van der Waals surface area contributed by atoms with E-state index in [1.54, 1.807) is 12.1 Å². The second-order valence-corrected chi connectivity index (χ2v) is 7.47. The molecule has 2 aromatic rings. The molecule has 0 bridgehead atoms. The van der Waals surface area contributed by atoms with Crippen LogP contribution in [-0.2, 0) is 11.2 Å². The highest BCUT2D eigenvalue weighted by molar-refractivity contribution is 6.30. The Kier molecular flexibility index (Phi) is 6.69. The maximum absolute atomic E-state index is 13.6. The second-order valence-electron chi connectivity index (χ2n) is 7.04. The predicted octanol–water partition coefficient (Wildman–Crippen LogP) is 1.85. The van der Waals surface area contributed by atoms with Gasteiger partial charge in [0.05, 0.1) is 26.2 Å². The number of piperazine rings is 1. The predicted molar refractivity (Wildman–Crippen MR) is 107 cm³/mol. The highest BCUT2D eigenvalue weighted by Crippen LogP contribution is 2.24. The van der Waals surface area contributed by atoms with E-state index in [9.17, 15) is 9.18 Å². The van der Waals surface area contributed by atoms with E-state index in [2.05, 4.69) is 17.1 Å². The first-order chi connectivity index (χ1) is 13.0. The molecule has 1 aliphatic heterocycles. The lowest BCUT2D eigenvalue weighted by Crippen LogP contribution is -3.16. The van der Waals surface area contributed by atoms with Crippen LogP contribution in [0.4, 0.5) is 10.1 Å². The monoisotopic (exact) mass is 390 g/mol. The van der Waals surface area contributed by atoms with Gasteiger partial charge >= 0.3 is 0 Å². The Balaban J connectivity index is 1.41. The van der Waals surface area contributed by atoms with Crippen molar-refractivity contribution in [2.45, 2.75) is 13.3 Å². The van der Waals surface area contributed by atoms with Crippen LogP contribution >= 0.6 is 11.6 Å². The molecule has 3 rings (SSSR count). The van der Waals surface area contributed by atoms with Gasteiger partial charge in [-0.05, 0) is 42.7 Å². The van der Waals surface area contributed by atoms with Crippen LogP contribution in [0.2, 0.25) is 5.02 Å². The van der Waals surface area contributed by atoms with Crippen molar-refractivity contribution in [2.75, 3.05) is 44.2 Å². The van der Waals surface area contributed by atoms with Crippen molar-refractivity contribution < 1.29 is 14.1 Å². The molecule has 0 aromatic heterocycles. The highest BCUT2D eigenvalue weighted by atomic mass is 35.5. The van der Waals surface area contributed by atoms with Gasteiger partial charge in [0.1, 0.15) is 5.82 Å². The van der Waals surface area contributed by atoms with E-state index >= 15 is 0 Å². The summed E-state index contributed by atoms with van der Waals surface area (Å²) in [6, 6.07) is 12.6. The molecular formula is C21H26ClFN3O+. The fourth-order valence-electron chi connectivity index (χ4n) is 3.49. The minimum Gasteiger partial charge on any atom is -0.360 e. The van der Waals surface area contributed by atoms with Crippen molar-refractivity contribution in [1.82, 2.24) is 5.32 Å². The number of anilines is 1. The molecule has 0 saturated carbocycles. The average molecular weight is 391 g/mol. The summed E-state index contributed by atoms with van der Waals surface area (Å²) in [7, 11) is 0. The Morgan fingerprint density at radius 3 is 2.70 bits per heavy atom. The number of hydrogen-bond donors (Lipinski definition) is 2. The molecule has 1 heterocycles. The second kappa shape index (κ2) is 9.20. The van der Waals surface area contributed by atoms with Crippen LogP contribution in [0.1, 0.15) is 11.1 Å². The number of rotatable bonds is 6. The topological polar surface area (TPSA) is 36.8 Å². The summed E-state index contributed by atoms with van der Waals surface area (Å²) in [6.07, 6.45) is 0.509. The van der Waals surface area contributed by atoms with Gasteiger partial charge in [-0.25, -0.2) is 4.39 Å². The molecular weight excluding hydrogens is 365 g/mol. The minimum atomic E-state index is -0.218. The molecule has 4 nitrogen and oxygen atoms in total. The molecule has 0 aliphatic carbocycles. The Hall–Kier alpha value is -2.11. The number of amides is 1. The van der Waals surface area contributed by atoms with Crippen molar-refractivity contribution >= 4 is 23.2 Å². The highest BCUT2D eigenvalue weighted by Gasteiger charge is 2.23. The van der Waals surface area contributed by atoms with Gasteiger partial charge in [0, 0.05) is 17.3 Å². The fourth-order valence-corrected chi connectivity index (χ4v) is 3.66. The molecule has 27 heavy (non-hydrogen) atoms. The van der Waals surface area contributed by atoms with Crippen molar-refractivity contribution in [3.8, 4) is 0 Å². The first-order valence-corrected chi connectivity index (χ1v) is 9.75. The molecule has 0 atom stereocenters. The first kappa shape index (κ1) is 19.6. The van der Waals surface area contributed by atoms with Crippen molar-refractivity contribution in [3.05, 3.63) is 64.4 Å². The largest absolute Gasteiger partial charge is 0.360 e. The van der Waals surface area contributed by atoms with Gasteiger partial charge in [-0.15, -0.1) is 0 Å². The summed E-state index contributed by atoms with van der Waals surface area (Å²) < 4.78 is 13.6. The van der Waals surface area contributed by atoms with Gasteiger partial charge in [0.15, 0.2) is 6.54 Å². The van der Waals surface area contributed by atoms with E-state index in [1.165, 1.54) is 22.2 Å². The average Bonchev–Trinajstić information content (AvgIpc) is 2.66. The van der Waals surface area contributed by atoms with E-state index in [0.29, 0.717) is 25.1 Å². The maximum atomic E-state index is 13.6. The molecule has 144 valence electrons. The number of carbonyl (C=O) groups is 1. The summed E-state index contributed by atoms with van der Waals surface area (Å²) in [5.74, 6) is -0.196. The molecule has 1 amide bonds. The smallest absolute Gasteiger partial charge is 0.275 e. The number of nitrogens with zero attached hydrogens (tertiary/aromatic N) is 1. The van der Waals surface area contributed by atoms with Crippen LogP contribution in [0.15, 0.2) is 42.5 Å². The quantitative estimate of drug-likeness (QED) is 0.789. The summed E-state index contributed by atoms with van der Waals surface area (Å²) in [4.78, 5) is 15.8. The summed E-state index contributed by atoms with van der Waals surface area (Å²) in [5.41, 5.74) is 3.03. The van der Waals surface area contributed by atoms with Crippen molar-refractivity contribution in [1.29, 1.82) is 0 Å². The van der Waals surface area contributed by atoms with Gasteiger partial charge < -0.3 is 15.1 Å². The number of nitrogens with one attached hydrogen (secondary N) is 2. The lowest BCUT2D eigenvalue weighted by molar-refractivity contribution is -0.892. The molecule has 2 N–H and O–H groups in total. The van der Waals surface area contributed by atoms with Gasteiger partial charge in [0.25, 0.3) is 5.91 Å². The number of hydrogen-bond acceptors (Lipinski definition) is 2. The van der Waals surface area contributed by atoms with Gasteiger partial charge in [-0.2, -0.15) is 0 Å². The number of aryl methyl sites for hydroxylation is 1. The van der Waals surface area contributed by atoms with Crippen LogP contribution in [0.3, 0.4) is 0 Å². The Morgan fingerprint density at radius 2 is 1.96 bits per heavy atom. The Labute approximate surface area is 164 Å². The van der Waals surface area contributed by atoms with E-state index < -0.39 is 0 Å². The Bertz CT molecular complexity index is 791. The van der Waals surface area contributed by atoms with Crippen LogP contribution in [0.5, 0.6) is 0 Å². The summed E-state index contributed by atoms with van der Waals surface area (Å²) >= 11 is 6.13. The van der Waals surface area contributed by atoms with E-state index in [0.717, 1.165) is 31.2 Å². The Morgan fingerprint density at radius 1 is 1.22 bits per heavy atom. The molecule has 0 radical (unpaired) electrons. The number of halogens is 2. The van der Waals surface area contributed by atoms with Crippen LogP contribution in [-0.4, -0.2) is 45.2 Å². The standard InChI is InChI=1S/C21H25ClFN3O/c1-16-6-7-18(22)14-20(16)26-12-10-25(11-13-26)15-21(27)24-9-8-17-4-2-3-5-19(17)23/h2-7,14H,8-13,15H2,1H3,(H,24,27)/p+1. The normalized spacial score (nSPS) is 15.0. The van der Waals surface area contributed by atoms with Gasteiger partial charge in [0.2, 0.25) is 0 Å². The lowest BCUT2D eigenvalue weighted by Gasteiger charge is -2.34. The molecule has 0 unspecified atom stereocenters. The van der Waals surface area contributed by atoms with E-state index in [-0.39, 0.29) is 11.7 Å². The third kappa shape index (κ3) is 5.44. The zero-order valence-electron chi connectivity index (χ0n) is 15.6. The fraction of sp³-hybridized carbons (Fsp3) is 0.381. The molecule has 2 aromatic carbocycles. The van der Waals surface area contributed by atoms with Crippen molar-refractivity contribution in [2.24, 2.45) is 0 Å². The number of carbonyl (C=O) groups excluding carboxylic acids is 1. The van der Waals surface area contributed by atoms with Crippen LogP contribution < -0.4 is 15.1 Å². The minimum absolute atomic E-state index is 0.0220. The SMILES string of the molecule is Cc1ccc(Cl)cc1N1CC[NH+](CC(=O)NCCc2ccccc2F)CC1. The van der Waals surface area contributed by atoms with E-state index in [1.807, 2.05) is 24.3 Å². The maximum Gasteiger partial charge on any atom is 0.275 e.